The van der Waals surface area contributed by atoms with E-state index in [9.17, 15) is 25.3 Å². The Balaban J connectivity index is 0.00000529. The molecule has 0 saturated heterocycles. The lowest BCUT2D eigenvalue weighted by molar-refractivity contribution is -0.0000175. The zero-order chi connectivity index (χ0) is 18.4. The predicted octanol–water partition coefficient (Wildman–Crippen LogP) is -2.31. The van der Waals surface area contributed by atoms with E-state index in [1.54, 1.807) is 0 Å². The Bertz CT molecular complexity index is 1040. The van der Waals surface area contributed by atoms with Crippen molar-refractivity contribution in [3.63, 3.8) is 0 Å². The maximum absolute atomic E-state index is 11.4. The molecule has 1 rings (SSSR count). The molecule has 136 valence electrons. The summed E-state index contributed by atoms with van der Waals surface area (Å²) >= 11 is 2.49. The van der Waals surface area contributed by atoms with Gasteiger partial charge in [0.25, 0.3) is 10.1 Å². The van der Waals surface area contributed by atoms with Crippen LogP contribution in [-0.2, 0) is 30.4 Å². The number of ether oxygens (including phenoxy) is 1. The molecule has 0 aromatic heterocycles. The fraction of sp³-hybridized carbons (Fsp3) is 0.143. The van der Waals surface area contributed by atoms with Gasteiger partial charge in [0.05, 0.1) is 11.6 Å². The van der Waals surface area contributed by atoms with E-state index >= 15 is 0 Å². The third-order valence-corrected chi connectivity index (χ3v) is 6.20. The van der Waals surface area contributed by atoms with Gasteiger partial charge < -0.3 is 21.7 Å². The van der Waals surface area contributed by atoms with Crippen LogP contribution in [0.4, 0.5) is 5.69 Å². The van der Waals surface area contributed by atoms with Gasteiger partial charge >= 0.3 is 25.9 Å². The molecule has 12 nitrogen and oxygen atoms in total. The number of rotatable bonds is 4. The molecule has 0 radical (unpaired) electrons. The first kappa shape index (κ1) is 23.1. The highest BCUT2D eigenvalue weighted by atomic mass is 79.9. The van der Waals surface area contributed by atoms with Crippen LogP contribution >= 0.6 is 15.9 Å². The molecule has 0 bridgehead atoms. The van der Waals surface area contributed by atoms with Crippen molar-refractivity contribution in [2.75, 3.05) is 7.11 Å². The minimum Gasteiger partial charge on any atom is -1.00 e. The van der Waals surface area contributed by atoms with Crippen LogP contribution in [-0.4, -0.2) is 46.0 Å². The molecule has 0 aliphatic heterocycles. The van der Waals surface area contributed by atoms with Crippen LogP contribution in [0.3, 0.4) is 0 Å². The van der Waals surface area contributed by atoms with Crippen molar-refractivity contribution in [3.05, 3.63) is 9.45 Å². The maximum Gasteiger partial charge on any atom is 0.432 e. The monoisotopic (exact) mass is 532 g/mol. The van der Waals surface area contributed by atoms with Crippen molar-refractivity contribution in [1.82, 2.24) is 0 Å². The van der Waals surface area contributed by atoms with E-state index < -0.39 is 61.0 Å². The first-order chi connectivity index (χ1) is 10.2. The van der Waals surface area contributed by atoms with E-state index in [1.807, 2.05) is 0 Å². The van der Waals surface area contributed by atoms with Crippen LogP contribution in [0.15, 0.2) is 19.2 Å². The van der Waals surface area contributed by atoms with Crippen LogP contribution in [0.25, 0.3) is 4.98 Å². The molecule has 0 amide bonds. The Morgan fingerprint density at radius 1 is 0.917 bits per heavy atom. The summed E-state index contributed by atoms with van der Waals surface area (Å²) in [6.07, 6.45) is 0. The smallest absolute Gasteiger partial charge is 0.432 e. The fourth-order valence-corrected chi connectivity index (χ4v) is 5.91. The van der Waals surface area contributed by atoms with Crippen molar-refractivity contribution in [3.8, 4) is 5.75 Å². The van der Waals surface area contributed by atoms with E-state index in [1.165, 1.54) is 0 Å². The van der Waals surface area contributed by atoms with Gasteiger partial charge in [0.15, 0.2) is 10.7 Å². The van der Waals surface area contributed by atoms with E-state index in [0.717, 1.165) is 7.11 Å². The van der Waals surface area contributed by atoms with Gasteiger partial charge in [-0.3, -0.25) is 13.7 Å². The van der Waals surface area contributed by atoms with Crippen molar-refractivity contribution in [2.45, 2.75) is 14.7 Å². The van der Waals surface area contributed by atoms with Crippen molar-refractivity contribution < 1.29 is 60.6 Å². The average molecular weight is 534 g/mol. The number of methoxy groups -OCH3 is 1. The second-order valence-corrected chi connectivity index (χ2v) is 8.58. The van der Waals surface area contributed by atoms with Crippen LogP contribution in [0.2, 0.25) is 0 Å². The molecule has 3 N–H and O–H groups in total. The topological polar surface area (TPSA) is 200 Å². The van der Waals surface area contributed by atoms with Gasteiger partial charge in [-0.25, -0.2) is 0 Å². The summed E-state index contributed by atoms with van der Waals surface area (Å²) in [6.45, 7) is 0. The number of hydrogen-bond donors (Lipinski definition) is 3. The second kappa shape index (κ2) is 7.17. The summed E-state index contributed by atoms with van der Waals surface area (Å²) in [6, 6.07) is 0. The standard InChI is InChI=1S/C7H5BrN2O10S3.BrH/c1-20-4-2(8)5(21(11,12)13)7(23(17,18)19)3(10-9)6(4)22(14,15)16;/h1H3,(H2-,11,12,13,14,15,16,17,18,19);1H. The van der Waals surface area contributed by atoms with Gasteiger partial charge in [-0.15, -0.1) is 0 Å². The Kier molecular flexibility index (Phi) is 6.91. The Hall–Kier alpha value is -0.870. The van der Waals surface area contributed by atoms with Crippen LogP contribution in [0, 0.1) is 5.39 Å². The molecule has 0 aliphatic rings. The van der Waals surface area contributed by atoms with E-state index in [2.05, 4.69) is 25.6 Å². The molecule has 24 heavy (non-hydrogen) atoms. The van der Waals surface area contributed by atoms with Gasteiger partial charge in [0.2, 0.25) is 15.2 Å². The predicted molar refractivity (Wildman–Crippen MR) is 74.9 cm³/mol. The van der Waals surface area contributed by atoms with Crippen molar-refractivity contribution in [1.29, 1.82) is 5.39 Å². The Labute approximate surface area is 154 Å². The molecule has 0 spiro atoms. The number of nitrogens with zero attached hydrogens (tertiary/aromatic N) is 2. The normalized spacial score (nSPS) is 12.2. The highest BCUT2D eigenvalue weighted by Crippen LogP contribution is 2.48. The minimum absolute atomic E-state index is 0. The zero-order valence-corrected chi connectivity index (χ0v) is 16.7. The number of benzene rings is 1. The van der Waals surface area contributed by atoms with E-state index in [4.69, 9.17) is 19.1 Å². The summed E-state index contributed by atoms with van der Waals surface area (Å²) in [5, 5.41) is 8.85. The minimum atomic E-state index is -5.54. The molecule has 0 saturated carbocycles. The van der Waals surface area contributed by atoms with Gasteiger partial charge in [0.1, 0.15) is 4.90 Å². The first-order valence-electron chi connectivity index (χ1n) is 4.89. The molecule has 0 heterocycles. The third kappa shape index (κ3) is 4.20. The molecule has 0 unspecified atom stereocenters. The van der Waals surface area contributed by atoms with Crippen LogP contribution < -0.4 is 21.7 Å². The lowest BCUT2D eigenvalue weighted by atomic mass is 10.3. The molecular formula is C7H6Br2N2O10S3. The summed E-state index contributed by atoms with van der Waals surface area (Å²) in [7, 11) is -15.4. The highest BCUT2D eigenvalue weighted by Gasteiger charge is 2.46. The van der Waals surface area contributed by atoms with Crippen LogP contribution in [0.1, 0.15) is 0 Å². The summed E-state index contributed by atoms with van der Waals surface area (Å²) < 4.78 is 99.2. The molecule has 0 aliphatic carbocycles. The first-order valence-corrected chi connectivity index (χ1v) is 10.00. The quantitative estimate of drug-likeness (QED) is 0.277. The molecular weight excluding hydrogens is 528 g/mol. The highest BCUT2D eigenvalue weighted by molar-refractivity contribution is 9.10. The van der Waals surface area contributed by atoms with E-state index in [-0.39, 0.29) is 17.0 Å². The lowest BCUT2D eigenvalue weighted by Gasteiger charge is -2.12. The van der Waals surface area contributed by atoms with Crippen molar-refractivity contribution >= 4 is 52.0 Å². The number of hydrogen-bond acceptors (Lipinski definition) is 8. The number of diazo groups is 1. The van der Waals surface area contributed by atoms with Gasteiger partial charge in [-0.2, -0.15) is 25.3 Å². The SMILES string of the molecule is COc1c(Br)c(S(=O)(=O)O)c(S(=O)(=O)O)c([N+]#N)c1S(=O)(=O)O.[Br-]. The summed E-state index contributed by atoms with van der Waals surface area (Å²) in [5.41, 5.74) is -1.58. The third-order valence-electron chi connectivity index (χ3n) is 2.32. The average Bonchev–Trinajstić information content (AvgIpc) is 2.33. The molecule has 1 aromatic rings. The summed E-state index contributed by atoms with van der Waals surface area (Å²) in [5.74, 6) is -1.000. The van der Waals surface area contributed by atoms with Crippen LogP contribution in [0.5, 0.6) is 5.75 Å². The van der Waals surface area contributed by atoms with Crippen molar-refractivity contribution in [2.24, 2.45) is 0 Å². The summed E-state index contributed by atoms with van der Waals surface area (Å²) in [4.78, 5) is -2.54. The maximum atomic E-state index is 11.4. The molecule has 0 fully saturated rings. The molecule has 0 atom stereocenters. The fourth-order valence-electron chi connectivity index (χ4n) is 1.60. The van der Waals surface area contributed by atoms with Gasteiger partial charge in [-0.05, 0) is 15.9 Å². The lowest BCUT2D eigenvalue weighted by Crippen LogP contribution is -3.00. The molecule has 1 aromatic carbocycles. The largest absolute Gasteiger partial charge is 1.00 e. The second-order valence-electron chi connectivity index (χ2n) is 3.71. The van der Waals surface area contributed by atoms with Gasteiger partial charge in [-0.1, -0.05) is 0 Å². The van der Waals surface area contributed by atoms with E-state index in [0.29, 0.717) is 0 Å². The Morgan fingerprint density at radius 2 is 1.29 bits per heavy atom. The number of halogens is 2. The Morgan fingerprint density at radius 3 is 1.54 bits per heavy atom. The molecule has 17 heteroatoms. The van der Waals surface area contributed by atoms with Gasteiger partial charge in [0, 0.05) is 0 Å². The zero-order valence-electron chi connectivity index (χ0n) is 11.1.